The Morgan fingerprint density at radius 1 is 1.44 bits per heavy atom. The Morgan fingerprint density at radius 2 is 2.15 bits per heavy atom. The van der Waals surface area contributed by atoms with Crippen LogP contribution >= 0.6 is 15.9 Å². The summed E-state index contributed by atoms with van der Waals surface area (Å²) in [5, 5.41) is 12.6. The van der Waals surface area contributed by atoms with Gasteiger partial charge in [-0.1, -0.05) is 28.9 Å². The van der Waals surface area contributed by atoms with E-state index in [0.717, 1.165) is 10.0 Å². The van der Waals surface area contributed by atoms with Gasteiger partial charge in [0.05, 0.1) is 6.61 Å². The van der Waals surface area contributed by atoms with Gasteiger partial charge in [-0.25, -0.2) is 4.79 Å². The monoisotopic (exact) mass is 431 g/mol. The lowest BCUT2D eigenvalue weighted by molar-refractivity contribution is -0.140. The molecular weight excluding hydrogens is 414 g/mol. The van der Waals surface area contributed by atoms with Gasteiger partial charge in [-0.15, -0.1) is 0 Å². The number of esters is 1. The summed E-state index contributed by atoms with van der Waals surface area (Å²) in [5.74, 6) is -1.22. The Bertz CT molecular complexity index is 974. The van der Waals surface area contributed by atoms with Gasteiger partial charge in [0.1, 0.15) is 23.0 Å². The maximum atomic E-state index is 13.3. The van der Waals surface area contributed by atoms with E-state index in [1.165, 1.54) is 0 Å². The van der Waals surface area contributed by atoms with Crippen molar-refractivity contribution in [1.82, 2.24) is 0 Å². The first kappa shape index (κ1) is 19.0. The second-order valence-electron chi connectivity index (χ2n) is 6.18. The third-order valence-corrected chi connectivity index (χ3v) is 5.57. The van der Waals surface area contributed by atoms with E-state index in [9.17, 15) is 14.9 Å². The first-order chi connectivity index (χ1) is 12.8. The number of hydrogen-bond acceptors (Lipinski definition) is 6. The number of aryl methyl sites for hydroxylation is 1. The number of halogens is 1. The summed E-state index contributed by atoms with van der Waals surface area (Å²) in [7, 11) is 0. The van der Waals surface area contributed by atoms with Crippen LogP contribution in [-0.2, 0) is 24.5 Å². The van der Waals surface area contributed by atoms with Gasteiger partial charge in [0.2, 0.25) is 11.8 Å². The molecule has 0 aromatic heterocycles. The van der Waals surface area contributed by atoms with E-state index in [2.05, 4.69) is 21.2 Å². The number of nitrogens with two attached hydrogens (primary N) is 1. The zero-order chi connectivity index (χ0) is 19.9. The van der Waals surface area contributed by atoms with Gasteiger partial charge in [0.25, 0.3) is 0 Å². The van der Waals surface area contributed by atoms with Crippen LogP contribution in [0.15, 0.2) is 39.4 Å². The second-order valence-corrected chi connectivity index (χ2v) is 7.03. The van der Waals surface area contributed by atoms with Crippen LogP contribution in [0, 0.1) is 18.3 Å². The molecule has 2 aliphatic rings. The topological polar surface area (TPSA) is 114 Å². The molecule has 0 saturated carbocycles. The average molecular weight is 432 g/mol. The van der Waals surface area contributed by atoms with E-state index >= 15 is 0 Å². The third-order valence-electron chi connectivity index (χ3n) is 4.71. The van der Waals surface area contributed by atoms with Crippen LogP contribution in [0.1, 0.15) is 31.4 Å². The van der Waals surface area contributed by atoms with E-state index < -0.39 is 17.3 Å². The van der Waals surface area contributed by atoms with Crippen molar-refractivity contribution in [3.05, 3.63) is 50.5 Å². The molecule has 2 aliphatic heterocycles. The SMILES string of the molecule is CCOC(=O)C1=C(CC)OC(N)=C(C#N)[C@]12C(=O)Nc1cc(Br)c(C)cc12. The van der Waals surface area contributed by atoms with Crippen molar-refractivity contribution in [2.45, 2.75) is 32.6 Å². The number of nitriles is 1. The molecule has 0 fully saturated rings. The fourth-order valence-corrected chi connectivity index (χ4v) is 3.89. The van der Waals surface area contributed by atoms with Gasteiger partial charge in [0.15, 0.2) is 5.41 Å². The fraction of sp³-hybridized carbons (Fsp3) is 0.316. The quantitative estimate of drug-likeness (QED) is 0.710. The van der Waals surface area contributed by atoms with Crippen molar-refractivity contribution in [3.63, 3.8) is 0 Å². The predicted molar refractivity (Wildman–Crippen MR) is 101 cm³/mol. The van der Waals surface area contributed by atoms with Crippen LogP contribution in [0.2, 0.25) is 0 Å². The third kappa shape index (κ3) is 2.53. The van der Waals surface area contributed by atoms with Gasteiger partial charge in [-0.3, -0.25) is 4.79 Å². The number of allylic oxidation sites excluding steroid dienone is 1. The molecule has 0 radical (unpaired) electrons. The molecule has 1 amide bonds. The van der Waals surface area contributed by atoms with Crippen molar-refractivity contribution in [2.24, 2.45) is 5.73 Å². The smallest absolute Gasteiger partial charge is 0.339 e. The molecule has 27 heavy (non-hydrogen) atoms. The summed E-state index contributed by atoms with van der Waals surface area (Å²) in [6.45, 7) is 5.41. The molecule has 0 unspecified atom stereocenters. The predicted octanol–water partition coefficient (Wildman–Crippen LogP) is 2.90. The summed E-state index contributed by atoms with van der Waals surface area (Å²) in [4.78, 5) is 26.1. The fourth-order valence-electron chi connectivity index (χ4n) is 3.54. The van der Waals surface area contributed by atoms with Crippen molar-refractivity contribution in [1.29, 1.82) is 5.26 Å². The van der Waals surface area contributed by atoms with Crippen LogP contribution in [0.3, 0.4) is 0 Å². The molecule has 7 nitrogen and oxygen atoms in total. The summed E-state index contributed by atoms with van der Waals surface area (Å²) in [5.41, 5.74) is 5.98. The van der Waals surface area contributed by atoms with Crippen LogP contribution in [0.4, 0.5) is 5.69 Å². The maximum Gasteiger partial charge on any atom is 0.339 e. The highest BCUT2D eigenvalue weighted by Crippen LogP contribution is 2.53. The standard InChI is InChI=1S/C19H18BrN3O4/c1-4-14-15(17(24)26-5-2)19(11(8-21)16(22)27-14)10-6-9(3)12(20)7-13(10)23-18(19)25/h6-7H,4-5,22H2,1-3H3,(H,23,25)/t19-/m0/s1. The zero-order valence-corrected chi connectivity index (χ0v) is 16.7. The van der Waals surface area contributed by atoms with E-state index in [0.29, 0.717) is 17.7 Å². The number of fused-ring (bicyclic) bond motifs is 2. The highest BCUT2D eigenvalue weighted by atomic mass is 79.9. The molecule has 0 bridgehead atoms. The largest absolute Gasteiger partial charge is 0.462 e. The minimum absolute atomic E-state index is 0.00410. The molecule has 140 valence electrons. The first-order valence-electron chi connectivity index (χ1n) is 8.43. The van der Waals surface area contributed by atoms with E-state index in [1.54, 1.807) is 26.0 Å². The van der Waals surface area contributed by atoms with Gasteiger partial charge >= 0.3 is 5.97 Å². The number of rotatable bonds is 3. The second kappa shape index (κ2) is 6.74. The minimum Gasteiger partial charge on any atom is -0.462 e. The number of nitrogens with one attached hydrogen (secondary N) is 1. The lowest BCUT2D eigenvalue weighted by atomic mass is 9.67. The highest BCUT2D eigenvalue weighted by molar-refractivity contribution is 9.10. The van der Waals surface area contributed by atoms with Crippen LogP contribution < -0.4 is 11.1 Å². The van der Waals surface area contributed by atoms with Crippen molar-refractivity contribution < 1.29 is 19.1 Å². The lowest BCUT2D eigenvalue weighted by Gasteiger charge is -2.34. The highest BCUT2D eigenvalue weighted by Gasteiger charge is 2.60. The Kier molecular flexibility index (Phi) is 4.74. The molecule has 3 N–H and O–H groups in total. The van der Waals surface area contributed by atoms with Crippen molar-refractivity contribution >= 4 is 33.5 Å². The number of anilines is 1. The molecule has 0 saturated heterocycles. The molecule has 0 aliphatic carbocycles. The Labute approximate surface area is 164 Å². The van der Waals surface area contributed by atoms with Gasteiger partial charge in [0, 0.05) is 22.1 Å². The number of benzene rings is 1. The van der Waals surface area contributed by atoms with E-state index in [4.69, 9.17) is 15.2 Å². The zero-order valence-electron chi connectivity index (χ0n) is 15.1. The molecule has 8 heteroatoms. The molecule has 3 rings (SSSR count). The summed E-state index contributed by atoms with van der Waals surface area (Å²) in [6.07, 6.45) is 0.299. The van der Waals surface area contributed by atoms with Crippen molar-refractivity contribution in [2.75, 3.05) is 11.9 Å². The Hall–Kier alpha value is -2.79. The van der Waals surface area contributed by atoms with Gasteiger partial charge in [-0.2, -0.15) is 5.26 Å². The van der Waals surface area contributed by atoms with E-state index in [1.807, 2.05) is 13.0 Å². The number of carbonyl (C=O) groups excluding carboxylic acids is 2. The van der Waals surface area contributed by atoms with Gasteiger partial charge in [-0.05, 0) is 25.5 Å². The number of amides is 1. The maximum absolute atomic E-state index is 13.3. The molecule has 1 atom stereocenters. The van der Waals surface area contributed by atoms with Crippen LogP contribution in [0.25, 0.3) is 0 Å². The average Bonchev–Trinajstić information content (AvgIpc) is 2.87. The number of ether oxygens (including phenoxy) is 2. The number of nitrogens with zero attached hydrogens (tertiary/aromatic N) is 1. The number of hydrogen-bond donors (Lipinski definition) is 2. The van der Waals surface area contributed by atoms with Gasteiger partial charge < -0.3 is 20.5 Å². The Morgan fingerprint density at radius 3 is 2.74 bits per heavy atom. The normalized spacial score (nSPS) is 20.9. The van der Waals surface area contributed by atoms with Crippen molar-refractivity contribution in [3.8, 4) is 6.07 Å². The summed E-state index contributed by atoms with van der Waals surface area (Å²) >= 11 is 3.44. The first-order valence-corrected chi connectivity index (χ1v) is 9.23. The molecule has 1 aromatic rings. The molecular formula is C19H18BrN3O4. The Balaban J connectivity index is 2.44. The lowest BCUT2D eigenvalue weighted by Crippen LogP contribution is -2.46. The molecule has 1 spiro atoms. The molecule has 1 aromatic carbocycles. The van der Waals surface area contributed by atoms with E-state index in [-0.39, 0.29) is 29.4 Å². The van der Waals surface area contributed by atoms with Crippen LogP contribution in [0.5, 0.6) is 0 Å². The number of carbonyl (C=O) groups is 2. The van der Waals surface area contributed by atoms with Crippen LogP contribution in [-0.4, -0.2) is 18.5 Å². The molecule has 2 heterocycles. The minimum atomic E-state index is -1.70. The summed E-state index contributed by atoms with van der Waals surface area (Å²) < 4.78 is 11.5. The summed E-state index contributed by atoms with van der Waals surface area (Å²) in [6, 6.07) is 5.48.